The first-order chi connectivity index (χ1) is 13.2. The summed E-state index contributed by atoms with van der Waals surface area (Å²) in [7, 11) is -3.48. The summed E-state index contributed by atoms with van der Waals surface area (Å²) in [6.07, 6.45) is 2.57. The summed E-state index contributed by atoms with van der Waals surface area (Å²) in [5, 5.41) is 7.82. The summed E-state index contributed by atoms with van der Waals surface area (Å²) in [5.74, 6) is -0.170. The van der Waals surface area contributed by atoms with Gasteiger partial charge < -0.3 is 5.32 Å². The fourth-order valence-corrected chi connectivity index (χ4v) is 3.72. The molecular weight excluding hydrogens is 445 g/mol. The van der Waals surface area contributed by atoms with Gasteiger partial charge in [-0.2, -0.15) is 5.10 Å². The van der Waals surface area contributed by atoms with Crippen molar-refractivity contribution in [3.63, 3.8) is 0 Å². The third-order valence-corrected chi connectivity index (χ3v) is 6.22. The largest absolute Gasteiger partial charge is 0.307 e. The van der Waals surface area contributed by atoms with Crippen molar-refractivity contribution in [2.24, 2.45) is 0 Å². The van der Waals surface area contributed by atoms with E-state index in [1.54, 1.807) is 24.3 Å². The van der Waals surface area contributed by atoms with Crippen molar-refractivity contribution in [3.8, 4) is 0 Å². The zero-order chi connectivity index (χ0) is 20.5. The predicted octanol–water partition coefficient (Wildman–Crippen LogP) is 4.55. The number of sulfone groups is 1. The van der Waals surface area contributed by atoms with Crippen LogP contribution < -0.4 is 5.32 Å². The number of nitrogens with zero attached hydrogens (tertiary/aromatic N) is 2. The zero-order valence-electron chi connectivity index (χ0n) is 14.5. The molecule has 1 heterocycles. The first kappa shape index (κ1) is 20.7. The van der Waals surface area contributed by atoms with Gasteiger partial charge in [0.15, 0.2) is 9.84 Å². The van der Waals surface area contributed by atoms with Crippen LogP contribution in [0, 0.1) is 0 Å². The Morgan fingerprint density at radius 3 is 2.57 bits per heavy atom. The Morgan fingerprint density at radius 2 is 1.86 bits per heavy atom. The molecule has 10 heteroatoms. The number of carbonyl (C=O) groups excluding carboxylic acids is 1. The van der Waals surface area contributed by atoms with Gasteiger partial charge in [-0.3, -0.25) is 4.79 Å². The summed E-state index contributed by atoms with van der Waals surface area (Å²) >= 11 is 18.3. The van der Waals surface area contributed by atoms with E-state index in [2.05, 4.69) is 10.4 Å². The molecule has 2 aromatic carbocycles. The van der Waals surface area contributed by atoms with Crippen LogP contribution in [0.2, 0.25) is 15.1 Å². The Bertz CT molecular complexity index is 1160. The molecule has 3 rings (SSSR count). The van der Waals surface area contributed by atoms with E-state index in [1.165, 1.54) is 29.1 Å². The molecule has 0 saturated carbocycles. The molecule has 0 fully saturated rings. The van der Waals surface area contributed by atoms with Gasteiger partial charge in [-0.25, -0.2) is 13.1 Å². The van der Waals surface area contributed by atoms with Crippen LogP contribution in [0.3, 0.4) is 0 Å². The molecule has 0 bridgehead atoms. The van der Waals surface area contributed by atoms with Gasteiger partial charge in [-0.1, -0.05) is 46.9 Å². The van der Waals surface area contributed by atoms with Crippen LogP contribution in [0.25, 0.3) is 0 Å². The van der Waals surface area contributed by atoms with Crippen LogP contribution in [-0.4, -0.2) is 30.4 Å². The van der Waals surface area contributed by atoms with E-state index in [0.717, 1.165) is 11.8 Å². The molecule has 1 aromatic heterocycles. The fraction of sp³-hybridized carbons (Fsp3) is 0.111. The number of nitrogens with one attached hydrogen (secondary N) is 1. The minimum absolute atomic E-state index is 0.00117. The van der Waals surface area contributed by atoms with Gasteiger partial charge in [0.2, 0.25) is 0 Å². The SMILES string of the molecule is CS(=O)(=O)c1ccc(Cl)c(C(=O)Nc2ccnn2Cc2cccc(Cl)c2Cl)c1. The number of hydrogen-bond donors (Lipinski definition) is 1. The highest BCUT2D eigenvalue weighted by atomic mass is 35.5. The summed E-state index contributed by atoms with van der Waals surface area (Å²) in [6.45, 7) is 0.277. The van der Waals surface area contributed by atoms with Crippen molar-refractivity contribution >= 4 is 56.4 Å². The van der Waals surface area contributed by atoms with Gasteiger partial charge in [-0.15, -0.1) is 0 Å². The molecule has 3 aromatic rings. The molecule has 0 aliphatic carbocycles. The first-order valence-electron chi connectivity index (χ1n) is 7.92. The highest BCUT2D eigenvalue weighted by Crippen LogP contribution is 2.27. The maximum Gasteiger partial charge on any atom is 0.258 e. The number of anilines is 1. The molecule has 0 aliphatic rings. The van der Waals surface area contributed by atoms with Crippen molar-refractivity contribution in [1.29, 1.82) is 0 Å². The Kier molecular flexibility index (Phi) is 6.00. The van der Waals surface area contributed by atoms with Crippen LogP contribution in [0.5, 0.6) is 0 Å². The number of hydrogen-bond acceptors (Lipinski definition) is 4. The van der Waals surface area contributed by atoms with E-state index in [1.807, 2.05) is 0 Å². The van der Waals surface area contributed by atoms with Crippen molar-refractivity contribution < 1.29 is 13.2 Å². The minimum atomic E-state index is -3.48. The van der Waals surface area contributed by atoms with Crippen LogP contribution in [0.15, 0.2) is 53.6 Å². The average molecular weight is 459 g/mol. The molecule has 0 spiro atoms. The molecule has 0 unspecified atom stereocenters. The lowest BCUT2D eigenvalue weighted by molar-refractivity contribution is 0.102. The van der Waals surface area contributed by atoms with Gasteiger partial charge in [-0.05, 0) is 29.8 Å². The van der Waals surface area contributed by atoms with Crippen LogP contribution in [0.1, 0.15) is 15.9 Å². The fourth-order valence-electron chi connectivity index (χ4n) is 2.49. The van der Waals surface area contributed by atoms with E-state index in [0.29, 0.717) is 15.9 Å². The summed E-state index contributed by atoms with van der Waals surface area (Å²) in [4.78, 5) is 12.7. The van der Waals surface area contributed by atoms with Gasteiger partial charge in [0.1, 0.15) is 5.82 Å². The molecule has 0 atom stereocenters. The van der Waals surface area contributed by atoms with E-state index in [4.69, 9.17) is 34.8 Å². The molecule has 28 heavy (non-hydrogen) atoms. The highest BCUT2D eigenvalue weighted by Gasteiger charge is 2.17. The van der Waals surface area contributed by atoms with Crippen molar-refractivity contribution in [1.82, 2.24) is 9.78 Å². The van der Waals surface area contributed by atoms with Crippen LogP contribution in [0.4, 0.5) is 5.82 Å². The third kappa shape index (κ3) is 4.50. The molecule has 6 nitrogen and oxygen atoms in total. The minimum Gasteiger partial charge on any atom is -0.307 e. The number of halogens is 3. The molecule has 0 radical (unpaired) electrons. The predicted molar refractivity (Wildman–Crippen MR) is 110 cm³/mol. The quantitative estimate of drug-likeness (QED) is 0.608. The highest BCUT2D eigenvalue weighted by molar-refractivity contribution is 7.90. The lowest BCUT2D eigenvalue weighted by Crippen LogP contribution is -2.17. The summed E-state index contributed by atoms with van der Waals surface area (Å²) in [6, 6.07) is 10.8. The zero-order valence-corrected chi connectivity index (χ0v) is 17.6. The molecule has 0 saturated heterocycles. The Hall–Kier alpha value is -2.06. The molecule has 146 valence electrons. The standard InChI is InChI=1S/C18H14Cl3N3O3S/c1-28(26,27)12-5-6-14(19)13(9-12)18(25)23-16-7-8-22-24(16)10-11-3-2-4-15(20)17(11)21/h2-9H,10H2,1H3,(H,23,25). The topological polar surface area (TPSA) is 81.1 Å². The number of carbonyl (C=O) groups is 1. The average Bonchev–Trinajstić information content (AvgIpc) is 3.05. The number of aromatic nitrogens is 2. The summed E-state index contributed by atoms with van der Waals surface area (Å²) in [5.41, 5.74) is 0.767. The van der Waals surface area contributed by atoms with Crippen LogP contribution in [-0.2, 0) is 16.4 Å². The Balaban J connectivity index is 1.87. The Morgan fingerprint density at radius 1 is 1.11 bits per heavy atom. The molecule has 1 N–H and O–H groups in total. The van der Waals surface area contributed by atoms with Crippen molar-refractivity contribution in [2.75, 3.05) is 11.6 Å². The van der Waals surface area contributed by atoms with Gasteiger partial charge in [0, 0.05) is 12.3 Å². The van der Waals surface area contributed by atoms with Gasteiger partial charge in [0.25, 0.3) is 5.91 Å². The van der Waals surface area contributed by atoms with E-state index < -0.39 is 15.7 Å². The maximum atomic E-state index is 12.7. The normalized spacial score (nSPS) is 11.4. The van der Waals surface area contributed by atoms with Gasteiger partial charge >= 0.3 is 0 Å². The lowest BCUT2D eigenvalue weighted by Gasteiger charge is -2.12. The number of amides is 1. The second-order valence-corrected chi connectivity index (χ2v) is 9.16. The summed E-state index contributed by atoms with van der Waals surface area (Å²) < 4.78 is 25.0. The second kappa shape index (κ2) is 8.13. The van der Waals surface area contributed by atoms with Crippen molar-refractivity contribution in [2.45, 2.75) is 11.4 Å². The second-order valence-electron chi connectivity index (χ2n) is 5.95. The van der Waals surface area contributed by atoms with Gasteiger partial charge in [0.05, 0.1) is 38.3 Å². The third-order valence-electron chi connectivity index (χ3n) is 3.92. The lowest BCUT2D eigenvalue weighted by atomic mass is 10.2. The maximum absolute atomic E-state index is 12.7. The molecule has 1 amide bonds. The number of rotatable bonds is 5. The monoisotopic (exact) mass is 457 g/mol. The number of benzene rings is 2. The molecular formula is C18H14Cl3N3O3S. The first-order valence-corrected chi connectivity index (χ1v) is 10.9. The van der Waals surface area contributed by atoms with E-state index in [-0.39, 0.29) is 22.0 Å². The van der Waals surface area contributed by atoms with Crippen LogP contribution >= 0.6 is 34.8 Å². The van der Waals surface area contributed by atoms with E-state index in [9.17, 15) is 13.2 Å². The molecule has 0 aliphatic heterocycles. The van der Waals surface area contributed by atoms with Crippen molar-refractivity contribution in [3.05, 3.63) is 74.9 Å². The Labute approximate surface area is 176 Å². The van der Waals surface area contributed by atoms with E-state index >= 15 is 0 Å². The smallest absolute Gasteiger partial charge is 0.258 e.